The van der Waals surface area contributed by atoms with Crippen LogP contribution in [0.5, 0.6) is 0 Å². The van der Waals surface area contributed by atoms with Gasteiger partial charge in [-0.1, -0.05) is 6.92 Å². The van der Waals surface area contributed by atoms with Crippen molar-refractivity contribution in [3.8, 4) is 0 Å². The molecule has 0 aliphatic carbocycles. The minimum absolute atomic E-state index is 0.0869. The molecule has 0 saturated carbocycles. The van der Waals surface area contributed by atoms with Crippen molar-refractivity contribution in [3.63, 3.8) is 0 Å². The van der Waals surface area contributed by atoms with E-state index in [0.717, 1.165) is 12.1 Å². The third-order valence-corrected chi connectivity index (χ3v) is 5.43. The SMILES string of the molecule is CCNCc1csc(S(=O)(=O)NCc2ncn(C)n2)c1. The van der Waals surface area contributed by atoms with Gasteiger partial charge in [0, 0.05) is 13.6 Å². The lowest BCUT2D eigenvalue weighted by Gasteiger charge is -2.01. The number of nitrogens with one attached hydrogen (secondary N) is 2. The molecule has 0 aliphatic heterocycles. The van der Waals surface area contributed by atoms with Crippen molar-refractivity contribution >= 4 is 21.4 Å². The highest BCUT2D eigenvalue weighted by molar-refractivity contribution is 7.91. The molecule has 0 saturated heterocycles. The molecule has 0 unspecified atom stereocenters. The van der Waals surface area contributed by atoms with Crippen molar-refractivity contribution in [1.82, 2.24) is 24.8 Å². The fourth-order valence-electron chi connectivity index (χ4n) is 1.55. The van der Waals surface area contributed by atoms with Gasteiger partial charge in [0.1, 0.15) is 10.5 Å². The molecular formula is C11H17N5O2S2. The topological polar surface area (TPSA) is 88.9 Å². The Balaban J connectivity index is 2.00. The number of thiophene rings is 1. The zero-order valence-electron chi connectivity index (χ0n) is 11.3. The lowest BCUT2D eigenvalue weighted by molar-refractivity contribution is 0.580. The summed E-state index contributed by atoms with van der Waals surface area (Å²) in [6.45, 7) is 3.61. The van der Waals surface area contributed by atoms with Gasteiger partial charge in [-0.2, -0.15) is 5.10 Å². The Kier molecular flexibility index (Phi) is 4.86. The van der Waals surface area contributed by atoms with E-state index in [1.165, 1.54) is 22.3 Å². The lowest BCUT2D eigenvalue weighted by Crippen LogP contribution is -2.23. The minimum Gasteiger partial charge on any atom is -0.313 e. The van der Waals surface area contributed by atoms with E-state index in [2.05, 4.69) is 20.1 Å². The molecule has 0 atom stereocenters. The van der Waals surface area contributed by atoms with E-state index in [1.807, 2.05) is 12.3 Å². The second-order valence-corrected chi connectivity index (χ2v) is 7.12. The first-order valence-electron chi connectivity index (χ1n) is 6.13. The van der Waals surface area contributed by atoms with Crippen LogP contribution in [0.1, 0.15) is 18.3 Å². The molecule has 0 aliphatic rings. The number of aromatic nitrogens is 3. The maximum absolute atomic E-state index is 12.1. The molecule has 0 aromatic carbocycles. The Morgan fingerprint density at radius 2 is 2.20 bits per heavy atom. The molecule has 110 valence electrons. The Hall–Kier alpha value is -1.29. The van der Waals surface area contributed by atoms with Crippen LogP contribution in [0.15, 0.2) is 22.0 Å². The summed E-state index contributed by atoms with van der Waals surface area (Å²) in [5.41, 5.74) is 0.966. The van der Waals surface area contributed by atoms with E-state index in [0.29, 0.717) is 16.6 Å². The Bertz CT molecular complexity index is 662. The molecule has 9 heteroatoms. The highest BCUT2D eigenvalue weighted by atomic mass is 32.2. The fraction of sp³-hybridized carbons (Fsp3) is 0.455. The van der Waals surface area contributed by atoms with E-state index >= 15 is 0 Å². The van der Waals surface area contributed by atoms with Gasteiger partial charge in [0.25, 0.3) is 0 Å². The predicted molar refractivity (Wildman–Crippen MR) is 76.7 cm³/mol. The van der Waals surface area contributed by atoms with E-state index in [4.69, 9.17) is 0 Å². The Morgan fingerprint density at radius 1 is 1.40 bits per heavy atom. The average Bonchev–Trinajstić information content (AvgIpc) is 3.03. The molecule has 0 spiro atoms. The van der Waals surface area contributed by atoms with Crippen LogP contribution < -0.4 is 10.0 Å². The van der Waals surface area contributed by atoms with Gasteiger partial charge in [-0.25, -0.2) is 18.1 Å². The van der Waals surface area contributed by atoms with E-state index < -0.39 is 10.0 Å². The van der Waals surface area contributed by atoms with E-state index in [1.54, 1.807) is 13.1 Å². The van der Waals surface area contributed by atoms with Crippen molar-refractivity contribution in [1.29, 1.82) is 0 Å². The minimum atomic E-state index is -3.50. The zero-order valence-corrected chi connectivity index (χ0v) is 13.0. The highest BCUT2D eigenvalue weighted by Crippen LogP contribution is 2.20. The molecule has 0 fully saturated rings. The van der Waals surface area contributed by atoms with Crippen LogP contribution in [-0.2, 0) is 30.2 Å². The Labute approximate surface area is 122 Å². The van der Waals surface area contributed by atoms with Gasteiger partial charge < -0.3 is 5.32 Å². The third-order valence-electron chi connectivity index (χ3n) is 2.54. The van der Waals surface area contributed by atoms with Crippen LogP contribution in [0.4, 0.5) is 0 Å². The van der Waals surface area contributed by atoms with Gasteiger partial charge in [0.2, 0.25) is 10.0 Å². The van der Waals surface area contributed by atoms with E-state index in [9.17, 15) is 8.42 Å². The van der Waals surface area contributed by atoms with Crippen molar-refractivity contribution < 1.29 is 8.42 Å². The maximum Gasteiger partial charge on any atom is 0.250 e. The predicted octanol–water partition coefficient (Wildman–Crippen LogP) is 0.465. The molecule has 0 radical (unpaired) electrons. The third kappa shape index (κ3) is 3.85. The van der Waals surface area contributed by atoms with Crippen LogP contribution in [0.3, 0.4) is 0 Å². The molecular weight excluding hydrogens is 298 g/mol. The number of rotatable bonds is 7. The molecule has 20 heavy (non-hydrogen) atoms. The summed E-state index contributed by atoms with van der Waals surface area (Å²) >= 11 is 1.21. The van der Waals surface area contributed by atoms with Crippen molar-refractivity contribution in [3.05, 3.63) is 29.2 Å². The van der Waals surface area contributed by atoms with Gasteiger partial charge in [-0.15, -0.1) is 11.3 Å². The highest BCUT2D eigenvalue weighted by Gasteiger charge is 2.17. The molecule has 7 nitrogen and oxygen atoms in total. The first-order chi connectivity index (χ1) is 9.51. The first-order valence-corrected chi connectivity index (χ1v) is 8.50. The zero-order chi connectivity index (χ0) is 14.6. The van der Waals surface area contributed by atoms with Gasteiger partial charge in [0.05, 0.1) is 6.54 Å². The maximum atomic E-state index is 12.1. The monoisotopic (exact) mass is 315 g/mol. The molecule has 0 amide bonds. The van der Waals surface area contributed by atoms with Crippen LogP contribution in [0.25, 0.3) is 0 Å². The summed E-state index contributed by atoms with van der Waals surface area (Å²) in [4.78, 5) is 3.98. The number of hydrogen-bond acceptors (Lipinski definition) is 6. The van der Waals surface area contributed by atoms with Crippen LogP contribution >= 0.6 is 11.3 Å². The van der Waals surface area contributed by atoms with Crippen LogP contribution in [0, 0.1) is 0 Å². The Morgan fingerprint density at radius 3 is 2.85 bits per heavy atom. The van der Waals surface area contributed by atoms with Gasteiger partial charge in [0.15, 0.2) is 5.82 Å². The van der Waals surface area contributed by atoms with Crippen LogP contribution in [0.2, 0.25) is 0 Å². The smallest absolute Gasteiger partial charge is 0.250 e. The van der Waals surface area contributed by atoms with Crippen LogP contribution in [-0.4, -0.2) is 29.7 Å². The van der Waals surface area contributed by atoms with E-state index in [-0.39, 0.29) is 6.54 Å². The molecule has 2 N–H and O–H groups in total. The van der Waals surface area contributed by atoms with Gasteiger partial charge in [-0.3, -0.25) is 4.68 Å². The van der Waals surface area contributed by atoms with Crippen molar-refractivity contribution in [2.24, 2.45) is 7.05 Å². The number of hydrogen-bond donors (Lipinski definition) is 2. The fourth-order valence-corrected chi connectivity index (χ4v) is 3.79. The molecule has 2 aromatic heterocycles. The summed E-state index contributed by atoms with van der Waals surface area (Å²) in [6, 6.07) is 1.68. The number of aryl methyl sites for hydroxylation is 1. The summed E-state index contributed by atoms with van der Waals surface area (Å²) in [6.07, 6.45) is 1.53. The molecule has 2 rings (SSSR count). The summed E-state index contributed by atoms with van der Waals surface area (Å²) < 4.78 is 28.6. The summed E-state index contributed by atoms with van der Waals surface area (Å²) in [5.74, 6) is 0.445. The van der Waals surface area contributed by atoms with Gasteiger partial charge >= 0.3 is 0 Å². The average molecular weight is 315 g/mol. The normalized spacial score (nSPS) is 11.9. The molecule has 0 bridgehead atoms. The summed E-state index contributed by atoms with van der Waals surface area (Å²) in [7, 11) is -1.77. The van der Waals surface area contributed by atoms with Crippen molar-refractivity contribution in [2.75, 3.05) is 6.54 Å². The summed E-state index contributed by atoms with van der Waals surface area (Å²) in [5, 5.41) is 9.03. The van der Waals surface area contributed by atoms with Gasteiger partial charge in [-0.05, 0) is 23.6 Å². The second kappa shape index (κ2) is 6.44. The first kappa shape index (κ1) is 15.1. The molecule has 2 aromatic rings. The number of nitrogens with zero attached hydrogens (tertiary/aromatic N) is 3. The van der Waals surface area contributed by atoms with Crippen molar-refractivity contribution in [2.45, 2.75) is 24.2 Å². The standard InChI is InChI=1S/C11H17N5O2S2/c1-3-12-5-9-4-11(19-7-9)20(17,18)14-6-10-13-8-16(2)15-10/h4,7-8,12,14H,3,5-6H2,1-2H3. The quantitative estimate of drug-likeness (QED) is 0.775. The number of sulfonamides is 1. The molecule has 2 heterocycles. The largest absolute Gasteiger partial charge is 0.313 e. The second-order valence-electron chi connectivity index (χ2n) is 4.21. The lowest BCUT2D eigenvalue weighted by atomic mass is 10.3.